The first-order valence-corrected chi connectivity index (χ1v) is 9.13. The van der Waals surface area contributed by atoms with E-state index in [2.05, 4.69) is 5.32 Å². The zero-order valence-electron chi connectivity index (χ0n) is 16.2. The SMILES string of the molecule is COc1ccc(CC(=O)OCC(=O)N[C@@H](C)c2ccc3c(c2)OCCO3)cc1F. The smallest absolute Gasteiger partial charge is 0.310 e. The summed E-state index contributed by atoms with van der Waals surface area (Å²) in [5, 5.41) is 2.76. The lowest BCUT2D eigenvalue weighted by Gasteiger charge is -2.21. The molecular weight excluding hydrogens is 381 g/mol. The number of halogens is 1. The fraction of sp³-hybridized carbons (Fsp3) is 0.333. The zero-order valence-corrected chi connectivity index (χ0v) is 16.2. The van der Waals surface area contributed by atoms with Gasteiger partial charge < -0.3 is 24.3 Å². The summed E-state index contributed by atoms with van der Waals surface area (Å²) in [5.74, 6) is -0.243. The van der Waals surface area contributed by atoms with Crippen LogP contribution in [0.4, 0.5) is 4.39 Å². The van der Waals surface area contributed by atoms with Crippen LogP contribution in [0.15, 0.2) is 36.4 Å². The van der Waals surface area contributed by atoms with Gasteiger partial charge in [-0.15, -0.1) is 0 Å². The number of carbonyl (C=O) groups is 2. The third-order valence-electron chi connectivity index (χ3n) is 4.37. The summed E-state index contributed by atoms with van der Waals surface area (Å²) in [6, 6.07) is 9.32. The number of nitrogens with one attached hydrogen (secondary N) is 1. The molecule has 0 spiro atoms. The summed E-state index contributed by atoms with van der Waals surface area (Å²) in [4.78, 5) is 24.0. The number of hydrogen-bond donors (Lipinski definition) is 1. The zero-order chi connectivity index (χ0) is 20.8. The molecule has 29 heavy (non-hydrogen) atoms. The van der Waals surface area contributed by atoms with Crippen LogP contribution in [0.5, 0.6) is 17.2 Å². The molecule has 0 radical (unpaired) electrons. The molecule has 0 saturated heterocycles. The molecule has 1 heterocycles. The van der Waals surface area contributed by atoms with Crippen molar-refractivity contribution in [3.8, 4) is 17.2 Å². The minimum absolute atomic E-state index is 0.0922. The molecule has 1 atom stereocenters. The maximum atomic E-state index is 13.7. The second-order valence-corrected chi connectivity index (χ2v) is 6.50. The van der Waals surface area contributed by atoms with Crippen LogP contribution < -0.4 is 19.5 Å². The highest BCUT2D eigenvalue weighted by atomic mass is 19.1. The Hall–Kier alpha value is -3.29. The van der Waals surface area contributed by atoms with E-state index in [1.54, 1.807) is 12.1 Å². The van der Waals surface area contributed by atoms with Crippen LogP contribution >= 0.6 is 0 Å². The van der Waals surface area contributed by atoms with Gasteiger partial charge in [0.15, 0.2) is 29.7 Å². The van der Waals surface area contributed by atoms with Crippen LogP contribution in [0.25, 0.3) is 0 Å². The van der Waals surface area contributed by atoms with Crippen molar-refractivity contribution in [2.24, 2.45) is 0 Å². The maximum absolute atomic E-state index is 13.7. The lowest BCUT2D eigenvalue weighted by Crippen LogP contribution is -2.31. The van der Waals surface area contributed by atoms with Crippen molar-refractivity contribution in [3.63, 3.8) is 0 Å². The highest BCUT2D eigenvalue weighted by Crippen LogP contribution is 2.32. The van der Waals surface area contributed by atoms with Gasteiger partial charge in [0.2, 0.25) is 0 Å². The highest BCUT2D eigenvalue weighted by molar-refractivity contribution is 5.81. The van der Waals surface area contributed by atoms with Gasteiger partial charge in [0, 0.05) is 0 Å². The Morgan fingerprint density at radius 3 is 2.62 bits per heavy atom. The predicted molar refractivity (Wildman–Crippen MR) is 102 cm³/mol. The van der Waals surface area contributed by atoms with Crippen molar-refractivity contribution in [1.29, 1.82) is 0 Å². The molecule has 1 N–H and O–H groups in total. The second kappa shape index (κ2) is 9.27. The van der Waals surface area contributed by atoms with E-state index in [9.17, 15) is 14.0 Å². The summed E-state index contributed by atoms with van der Waals surface area (Å²) in [5.41, 5.74) is 1.26. The first-order chi connectivity index (χ1) is 14.0. The van der Waals surface area contributed by atoms with Gasteiger partial charge in [-0.1, -0.05) is 12.1 Å². The molecule has 2 aromatic rings. The summed E-state index contributed by atoms with van der Waals surface area (Å²) in [6.07, 6.45) is -0.147. The summed E-state index contributed by atoms with van der Waals surface area (Å²) in [7, 11) is 1.36. The Labute approximate surface area is 167 Å². The van der Waals surface area contributed by atoms with E-state index in [1.807, 2.05) is 19.1 Å². The van der Waals surface area contributed by atoms with Gasteiger partial charge in [-0.05, 0) is 42.3 Å². The maximum Gasteiger partial charge on any atom is 0.310 e. The van der Waals surface area contributed by atoms with Crippen LogP contribution in [-0.2, 0) is 20.7 Å². The van der Waals surface area contributed by atoms with Crippen LogP contribution in [0, 0.1) is 5.82 Å². The predicted octanol–water partition coefficient (Wildman–Crippen LogP) is 2.57. The van der Waals surface area contributed by atoms with Crippen molar-refractivity contribution < 1.29 is 32.9 Å². The summed E-state index contributed by atoms with van der Waals surface area (Å²) in [6.45, 7) is 2.37. The normalized spacial score (nSPS) is 13.3. The first kappa shape index (κ1) is 20.4. The van der Waals surface area contributed by atoms with E-state index in [-0.39, 0.29) is 18.2 Å². The molecule has 2 aromatic carbocycles. The molecule has 0 aromatic heterocycles. The Bertz CT molecular complexity index is 901. The fourth-order valence-corrected chi connectivity index (χ4v) is 2.88. The number of hydrogen-bond acceptors (Lipinski definition) is 6. The first-order valence-electron chi connectivity index (χ1n) is 9.13. The molecule has 1 aliphatic rings. The minimum Gasteiger partial charge on any atom is -0.494 e. The van der Waals surface area contributed by atoms with E-state index in [0.29, 0.717) is 30.3 Å². The molecule has 3 rings (SSSR count). The number of esters is 1. The largest absolute Gasteiger partial charge is 0.494 e. The summed E-state index contributed by atoms with van der Waals surface area (Å²) >= 11 is 0. The number of carbonyl (C=O) groups excluding carboxylic acids is 2. The van der Waals surface area contributed by atoms with Crippen LogP contribution in [0.1, 0.15) is 24.1 Å². The third kappa shape index (κ3) is 5.37. The highest BCUT2D eigenvalue weighted by Gasteiger charge is 2.17. The third-order valence-corrected chi connectivity index (χ3v) is 4.37. The number of amides is 1. The van der Waals surface area contributed by atoms with Crippen molar-refractivity contribution >= 4 is 11.9 Å². The molecule has 0 saturated carbocycles. The van der Waals surface area contributed by atoms with Gasteiger partial charge in [-0.3, -0.25) is 9.59 Å². The van der Waals surface area contributed by atoms with E-state index in [1.165, 1.54) is 19.2 Å². The molecule has 1 amide bonds. The average molecular weight is 403 g/mol. The molecule has 7 nitrogen and oxygen atoms in total. The Morgan fingerprint density at radius 1 is 1.14 bits per heavy atom. The quantitative estimate of drug-likeness (QED) is 0.716. The number of ether oxygens (including phenoxy) is 4. The molecule has 0 fully saturated rings. The molecular formula is C21H22FNO6. The van der Waals surface area contributed by atoms with Crippen molar-refractivity contribution in [2.45, 2.75) is 19.4 Å². The molecule has 0 bridgehead atoms. The molecule has 0 aliphatic carbocycles. The molecule has 8 heteroatoms. The van der Waals surface area contributed by atoms with E-state index in [0.717, 1.165) is 5.56 Å². The van der Waals surface area contributed by atoms with E-state index in [4.69, 9.17) is 18.9 Å². The molecule has 154 valence electrons. The van der Waals surface area contributed by atoms with Crippen molar-refractivity contribution in [3.05, 3.63) is 53.3 Å². The van der Waals surface area contributed by atoms with Crippen LogP contribution in [0.3, 0.4) is 0 Å². The van der Waals surface area contributed by atoms with Gasteiger partial charge in [0.25, 0.3) is 5.91 Å². The monoisotopic (exact) mass is 403 g/mol. The van der Waals surface area contributed by atoms with Gasteiger partial charge in [0.05, 0.1) is 19.6 Å². The Morgan fingerprint density at radius 2 is 1.90 bits per heavy atom. The van der Waals surface area contributed by atoms with Gasteiger partial charge in [-0.2, -0.15) is 0 Å². The lowest BCUT2D eigenvalue weighted by atomic mass is 10.1. The number of rotatable bonds is 7. The van der Waals surface area contributed by atoms with E-state index >= 15 is 0 Å². The van der Waals surface area contributed by atoms with Crippen molar-refractivity contribution in [2.75, 3.05) is 26.9 Å². The van der Waals surface area contributed by atoms with Crippen LogP contribution in [-0.4, -0.2) is 38.8 Å². The standard InChI is InChI=1S/C21H22FNO6/c1-13(15-4-6-18-19(11-15)28-8-7-27-18)23-20(24)12-29-21(25)10-14-3-5-17(26-2)16(22)9-14/h3-6,9,11,13H,7-8,10,12H2,1-2H3,(H,23,24)/t13-/m0/s1. The van der Waals surface area contributed by atoms with Gasteiger partial charge in [-0.25, -0.2) is 4.39 Å². The van der Waals surface area contributed by atoms with Gasteiger partial charge >= 0.3 is 5.97 Å². The number of benzene rings is 2. The van der Waals surface area contributed by atoms with Gasteiger partial charge in [0.1, 0.15) is 13.2 Å². The Kier molecular flexibility index (Phi) is 6.54. The Balaban J connectivity index is 1.47. The second-order valence-electron chi connectivity index (χ2n) is 6.50. The van der Waals surface area contributed by atoms with Crippen molar-refractivity contribution in [1.82, 2.24) is 5.32 Å². The number of methoxy groups -OCH3 is 1. The fourth-order valence-electron chi connectivity index (χ4n) is 2.88. The summed E-state index contributed by atoms with van der Waals surface area (Å²) < 4.78 is 34.5. The molecule has 0 unspecified atom stereocenters. The molecule has 1 aliphatic heterocycles. The minimum atomic E-state index is -0.628. The lowest BCUT2D eigenvalue weighted by molar-refractivity contribution is -0.148. The van der Waals surface area contributed by atoms with E-state index < -0.39 is 24.3 Å². The van der Waals surface area contributed by atoms with Crippen LogP contribution in [0.2, 0.25) is 0 Å². The topological polar surface area (TPSA) is 83.1 Å². The average Bonchev–Trinajstić information content (AvgIpc) is 2.72. The number of fused-ring (bicyclic) bond motifs is 1.